The fourth-order valence-corrected chi connectivity index (χ4v) is 3.85. The minimum atomic E-state index is 0.307. The molecule has 0 bridgehead atoms. The minimum absolute atomic E-state index is 0.307. The molecule has 162 valence electrons. The van der Waals surface area contributed by atoms with Gasteiger partial charge in [0.05, 0.1) is 0 Å². The fraction of sp³-hybridized carbons (Fsp3) is 0.0625. The summed E-state index contributed by atoms with van der Waals surface area (Å²) in [6, 6.07) is 35.3. The van der Waals surface area contributed by atoms with Gasteiger partial charge in [0.25, 0.3) is 0 Å². The molecule has 4 aromatic carbocycles. The van der Waals surface area contributed by atoms with Crippen LogP contribution in [0, 0.1) is 0 Å². The van der Waals surface area contributed by atoms with Gasteiger partial charge in [-0.15, -0.1) is 6.58 Å². The van der Waals surface area contributed by atoms with Crippen LogP contribution in [0.15, 0.2) is 122 Å². The molecule has 0 amide bonds. The summed E-state index contributed by atoms with van der Waals surface area (Å²) in [5.74, 6) is 0.307. The van der Waals surface area contributed by atoms with E-state index < -0.39 is 0 Å². The second-order valence-corrected chi connectivity index (χ2v) is 8.02. The Morgan fingerprint density at radius 1 is 0.697 bits per heavy atom. The minimum Gasteiger partial charge on any atom is -0.508 e. The van der Waals surface area contributed by atoms with E-state index in [-0.39, 0.29) is 0 Å². The molecule has 1 nitrogen and oxygen atoms in total. The summed E-state index contributed by atoms with van der Waals surface area (Å²) in [5.41, 5.74) is 7.90. The maximum Gasteiger partial charge on any atom is 0.119 e. The van der Waals surface area contributed by atoms with E-state index in [1.165, 1.54) is 11.1 Å². The fourth-order valence-electron chi connectivity index (χ4n) is 3.85. The van der Waals surface area contributed by atoms with Crippen LogP contribution in [0.5, 0.6) is 5.75 Å². The number of rotatable bonds is 8. The van der Waals surface area contributed by atoms with Crippen molar-refractivity contribution in [3.8, 4) is 5.75 Å². The first kappa shape index (κ1) is 22.1. The molecule has 0 aliphatic rings. The Kier molecular flexibility index (Phi) is 7.35. The van der Waals surface area contributed by atoms with Crippen LogP contribution in [0.3, 0.4) is 0 Å². The first-order valence-electron chi connectivity index (χ1n) is 11.2. The Balaban J connectivity index is 1.62. The van der Waals surface area contributed by atoms with E-state index in [2.05, 4.69) is 97.6 Å². The zero-order valence-corrected chi connectivity index (χ0v) is 18.7. The Labute approximate surface area is 196 Å². The highest BCUT2D eigenvalue weighted by atomic mass is 16.3. The van der Waals surface area contributed by atoms with Crippen LogP contribution in [-0.2, 0) is 12.8 Å². The van der Waals surface area contributed by atoms with Gasteiger partial charge in [-0.1, -0.05) is 109 Å². The van der Waals surface area contributed by atoms with Gasteiger partial charge in [0, 0.05) is 0 Å². The summed E-state index contributed by atoms with van der Waals surface area (Å²) in [5, 5.41) is 10.1. The normalized spacial score (nSPS) is 11.6. The lowest BCUT2D eigenvalue weighted by atomic mass is 9.94. The van der Waals surface area contributed by atoms with Crippen molar-refractivity contribution in [2.24, 2.45) is 0 Å². The molecule has 0 unspecified atom stereocenters. The lowest BCUT2D eigenvalue weighted by Crippen LogP contribution is -1.91. The molecule has 0 spiro atoms. The van der Waals surface area contributed by atoms with Crippen LogP contribution in [0.4, 0.5) is 0 Å². The van der Waals surface area contributed by atoms with Gasteiger partial charge in [-0.2, -0.15) is 0 Å². The second kappa shape index (κ2) is 11.0. The highest BCUT2D eigenvalue weighted by molar-refractivity contribution is 5.91. The monoisotopic (exact) mass is 428 g/mol. The van der Waals surface area contributed by atoms with E-state index in [4.69, 9.17) is 0 Å². The van der Waals surface area contributed by atoms with Gasteiger partial charge in [-0.25, -0.2) is 0 Å². The summed E-state index contributed by atoms with van der Waals surface area (Å²) < 4.78 is 0. The van der Waals surface area contributed by atoms with Gasteiger partial charge >= 0.3 is 0 Å². The first-order chi connectivity index (χ1) is 16.2. The first-order valence-corrected chi connectivity index (χ1v) is 11.2. The molecule has 0 aromatic heterocycles. The number of hydrogen-bond donors (Lipinski definition) is 1. The van der Waals surface area contributed by atoms with Crippen LogP contribution in [0.1, 0.15) is 33.4 Å². The molecule has 4 rings (SSSR count). The largest absolute Gasteiger partial charge is 0.508 e. The molecule has 0 fully saturated rings. The van der Waals surface area contributed by atoms with Crippen molar-refractivity contribution in [3.63, 3.8) is 0 Å². The molecular formula is C32H28O. The molecule has 0 aliphatic heterocycles. The summed E-state index contributed by atoms with van der Waals surface area (Å²) in [6.45, 7) is 3.80. The standard InChI is InChI=1S/C32H28O/c1-2-10-30-23-27(19-22-32(30)33)24-31(28-15-7-4-8-16-28)29-20-17-26(18-21-29)14-9-13-25-11-5-3-6-12-25/h2-9,11-13,15-24,33H,1,10,14H2/b13-9+,31-24+. The Hall–Kier alpha value is -4.10. The Morgan fingerprint density at radius 3 is 2.06 bits per heavy atom. The number of phenolic OH excluding ortho intramolecular Hbond substituents is 1. The third-order valence-corrected chi connectivity index (χ3v) is 5.59. The van der Waals surface area contributed by atoms with Crippen molar-refractivity contribution < 1.29 is 5.11 Å². The maximum absolute atomic E-state index is 10.1. The van der Waals surface area contributed by atoms with Crippen LogP contribution in [0.2, 0.25) is 0 Å². The van der Waals surface area contributed by atoms with Crippen LogP contribution >= 0.6 is 0 Å². The molecule has 0 saturated carbocycles. The molecule has 0 saturated heterocycles. The predicted octanol–water partition coefficient (Wildman–Crippen LogP) is 7.97. The Bertz CT molecular complexity index is 1250. The van der Waals surface area contributed by atoms with E-state index in [0.29, 0.717) is 12.2 Å². The van der Waals surface area contributed by atoms with Crippen LogP contribution in [0.25, 0.3) is 17.7 Å². The second-order valence-electron chi connectivity index (χ2n) is 8.02. The zero-order valence-electron chi connectivity index (χ0n) is 18.7. The van der Waals surface area contributed by atoms with E-state index in [0.717, 1.165) is 34.2 Å². The average molecular weight is 429 g/mol. The molecule has 0 radical (unpaired) electrons. The molecule has 1 heteroatoms. The summed E-state index contributed by atoms with van der Waals surface area (Å²) in [4.78, 5) is 0. The molecule has 0 atom stereocenters. The summed E-state index contributed by atoms with van der Waals surface area (Å²) in [7, 11) is 0. The molecule has 0 heterocycles. The SMILES string of the molecule is C=CCc1cc(/C=C(\c2ccccc2)c2ccc(C/C=C/c3ccccc3)cc2)ccc1O. The molecule has 33 heavy (non-hydrogen) atoms. The number of phenols is 1. The number of aromatic hydroxyl groups is 1. The van der Waals surface area contributed by atoms with Crippen molar-refractivity contribution in [2.75, 3.05) is 0 Å². The van der Waals surface area contributed by atoms with Gasteiger partial charge in [0.15, 0.2) is 0 Å². The maximum atomic E-state index is 10.1. The van der Waals surface area contributed by atoms with Crippen LogP contribution < -0.4 is 0 Å². The van der Waals surface area contributed by atoms with E-state index in [9.17, 15) is 5.11 Å². The number of allylic oxidation sites excluding steroid dienone is 2. The van der Waals surface area contributed by atoms with Gasteiger partial charge in [0.1, 0.15) is 5.75 Å². The van der Waals surface area contributed by atoms with Crippen molar-refractivity contribution >= 4 is 17.7 Å². The lowest BCUT2D eigenvalue weighted by Gasteiger charge is -2.11. The average Bonchev–Trinajstić information content (AvgIpc) is 2.86. The van der Waals surface area contributed by atoms with E-state index in [1.54, 1.807) is 6.07 Å². The molecular weight excluding hydrogens is 400 g/mol. The smallest absolute Gasteiger partial charge is 0.119 e. The quantitative estimate of drug-likeness (QED) is 0.223. The third kappa shape index (κ3) is 5.99. The topological polar surface area (TPSA) is 20.2 Å². The lowest BCUT2D eigenvalue weighted by molar-refractivity contribution is 0.469. The van der Waals surface area contributed by atoms with Gasteiger partial charge in [-0.3, -0.25) is 0 Å². The highest BCUT2D eigenvalue weighted by Crippen LogP contribution is 2.28. The number of benzene rings is 4. The molecule has 0 aliphatic carbocycles. The summed E-state index contributed by atoms with van der Waals surface area (Å²) >= 11 is 0. The third-order valence-electron chi connectivity index (χ3n) is 5.59. The van der Waals surface area contributed by atoms with E-state index >= 15 is 0 Å². The van der Waals surface area contributed by atoms with Gasteiger partial charge in [0.2, 0.25) is 0 Å². The van der Waals surface area contributed by atoms with Crippen molar-refractivity contribution in [3.05, 3.63) is 155 Å². The van der Waals surface area contributed by atoms with Gasteiger partial charge < -0.3 is 5.11 Å². The van der Waals surface area contributed by atoms with E-state index in [1.807, 2.05) is 30.3 Å². The van der Waals surface area contributed by atoms with Crippen LogP contribution in [-0.4, -0.2) is 5.11 Å². The summed E-state index contributed by atoms with van der Waals surface area (Å²) in [6.07, 6.45) is 9.89. The van der Waals surface area contributed by atoms with Crippen molar-refractivity contribution in [2.45, 2.75) is 12.8 Å². The van der Waals surface area contributed by atoms with Crippen molar-refractivity contribution in [1.29, 1.82) is 0 Å². The molecule has 1 N–H and O–H groups in total. The molecule has 4 aromatic rings. The zero-order chi connectivity index (χ0) is 22.9. The van der Waals surface area contributed by atoms with Crippen molar-refractivity contribution in [1.82, 2.24) is 0 Å². The highest BCUT2D eigenvalue weighted by Gasteiger charge is 2.07. The Morgan fingerprint density at radius 2 is 1.36 bits per heavy atom. The predicted molar refractivity (Wildman–Crippen MR) is 141 cm³/mol. The van der Waals surface area contributed by atoms with Gasteiger partial charge in [-0.05, 0) is 70.0 Å². The number of hydrogen-bond acceptors (Lipinski definition) is 1.